The molecule has 1 amide bonds. The quantitative estimate of drug-likeness (QED) is 0.892. The average Bonchev–Trinajstić information content (AvgIpc) is 2.77. The largest absolute Gasteiger partial charge is 0.345 e. The molecule has 1 atom stereocenters. The summed E-state index contributed by atoms with van der Waals surface area (Å²) >= 11 is 1.73. The van der Waals surface area contributed by atoms with Crippen molar-refractivity contribution in [2.24, 2.45) is 11.1 Å². The maximum atomic E-state index is 12.0. The van der Waals surface area contributed by atoms with E-state index in [1.807, 2.05) is 13.1 Å². The number of amides is 1. The molecule has 4 heteroatoms. The molecule has 0 aromatic carbocycles. The van der Waals surface area contributed by atoms with Crippen LogP contribution < -0.4 is 5.73 Å². The third-order valence-corrected chi connectivity index (χ3v) is 4.14. The van der Waals surface area contributed by atoms with E-state index in [4.69, 9.17) is 5.73 Å². The average molecular weight is 268 g/mol. The maximum Gasteiger partial charge on any atom is 0.223 e. The lowest BCUT2D eigenvalue weighted by atomic mass is 9.85. The van der Waals surface area contributed by atoms with E-state index in [-0.39, 0.29) is 17.4 Å². The van der Waals surface area contributed by atoms with Crippen LogP contribution in [0.3, 0.4) is 0 Å². The molecule has 0 saturated heterocycles. The topological polar surface area (TPSA) is 46.3 Å². The van der Waals surface area contributed by atoms with E-state index in [0.29, 0.717) is 6.42 Å². The smallest absolute Gasteiger partial charge is 0.223 e. The van der Waals surface area contributed by atoms with E-state index in [2.05, 4.69) is 32.2 Å². The van der Waals surface area contributed by atoms with Gasteiger partial charge < -0.3 is 10.6 Å². The van der Waals surface area contributed by atoms with Crippen LogP contribution in [0.4, 0.5) is 0 Å². The standard InChI is InChI=1S/C14H24N2OS/c1-14(2,3)12(15)10-13(17)16(4)8-7-11-6-5-9-18-11/h5-6,9,12H,7-8,10,15H2,1-4H3. The van der Waals surface area contributed by atoms with Crippen molar-refractivity contribution in [3.05, 3.63) is 22.4 Å². The molecular formula is C14H24N2OS. The molecule has 102 valence electrons. The van der Waals surface area contributed by atoms with E-state index >= 15 is 0 Å². The molecule has 0 aliphatic carbocycles. The fourth-order valence-corrected chi connectivity index (χ4v) is 2.21. The molecule has 2 N–H and O–H groups in total. The van der Waals surface area contributed by atoms with Gasteiger partial charge >= 0.3 is 0 Å². The zero-order chi connectivity index (χ0) is 13.8. The van der Waals surface area contributed by atoms with E-state index in [9.17, 15) is 4.79 Å². The van der Waals surface area contributed by atoms with E-state index in [1.165, 1.54) is 4.88 Å². The summed E-state index contributed by atoms with van der Waals surface area (Å²) in [6.07, 6.45) is 1.34. The lowest BCUT2D eigenvalue weighted by Crippen LogP contribution is -2.41. The summed E-state index contributed by atoms with van der Waals surface area (Å²) in [6, 6.07) is 4.05. The Morgan fingerprint density at radius 1 is 1.50 bits per heavy atom. The highest BCUT2D eigenvalue weighted by Gasteiger charge is 2.24. The number of nitrogens with zero attached hydrogens (tertiary/aromatic N) is 1. The molecule has 1 heterocycles. The monoisotopic (exact) mass is 268 g/mol. The van der Waals surface area contributed by atoms with Crippen LogP contribution in [0.2, 0.25) is 0 Å². The number of carbonyl (C=O) groups excluding carboxylic acids is 1. The van der Waals surface area contributed by atoms with Gasteiger partial charge in [0.2, 0.25) is 5.91 Å². The summed E-state index contributed by atoms with van der Waals surface area (Å²) in [5, 5.41) is 2.06. The van der Waals surface area contributed by atoms with Crippen LogP contribution in [-0.4, -0.2) is 30.4 Å². The molecular weight excluding hydrogens is 244 g/mol. The Kier molecular flexibility index (Phi) is 5.35. The third-order valence-electron chi connectivity index (χ3n) is 3.21. The van der Waals surface area contributed by atoms with Gasteiger partial charge in [-0.25, -0.2) is 0 Å². The van der Waals surface area contributed by atoms with Gasteiger partial charge in [-0.05, 0) is 23.3 Å². The Hall–Kier alpha value is -0.870. The minimum Gasteiger partial charge on any atom is -0.345 e. The number of hydrogen-bond donors (Lipinski definition) is 1. The summed E-state index contributed by atoms with van der Waals surface area (Å²) < 4.78 is 0. The predicted molar refractivity (Wildman–Crippen MR) is 77.7 cm³/mol. The van der Waals surface area contributed by atoms with Crippen LogP contribution in [0.5, 0.6) is 0 Å². The first-order chi connectivity index (χ1) is 8.30. The Bertz CT molecular complexity index is 368. The molecule has 18 heavy (non-hydrogen) atoms. The minimum atomic E-state index is -0.0887. The molecule has 0 aliphatic rings. The second-order valence-electron chi connectivity index (χ2n) is 5.82. The van der Waals surface area contributed by atoms with Crippen molar-refractivity contribution in [2.45, 2.75) is 39.7 Å². The highest BCUT2D eigenvalue weighted by atomic mass is 32.1. The van der Waals surface area contributed by atoms with Crippen molar-refractivity contribution >= 4 is 17.2 Å². The zero-order valence-corrected chi connectivity index (χ0v) is 12.6. The van der Waals surface area contributed by atoms with Gasteiger partial charge in [-0.3, -0.25) is 4.79 Å². The van der Waals surface area contributed by atoms with Gasteiger partial charge in [0.15, 0.2) is 0 Å². The summed E-state index contributed by atoms with van der Waals surface area (Å²) in [5.74, 6) is 0.133. The first-order valence-electron chi connectivity index (χ1n) is 6.32. The Balaban J connectivity index is 2.37. The summed E-state index contributed by atoms with van der Waals surface area (Å²) in [5.41, 5.74) is 6.01. The molecule has 1 aromatic rings. The van der Waals surface area contributed by atoms with Crippen molar-refractivity contribution in [1.82, 2.24) is 4.90 Å². The molecule has 0 fully saturated rings. The molecule has 0 spiro atoms. The Labute approximate surface area is 114 Å². The van der Waals surface area contributed by atoms with Gasteiger partial charge in [0.1, 0.15) is 0 Å². The van der Waals surface area contributed by atoms with Crippen LogP contribution in [-0.2, 0) is 11.2 Å². The van der Waals surface area contributed by atoms with Crippen molar-refractivity contribution in [3.63, 3.8) is 0 Å². The fourth-order valence-electron chi connectivity index (χ4n) is 1.51. The zero-order valence-electron chi connectivity index (χ0n) is 11.8. The molecule has 1 rings (SSSR count). The number of rotatable bonds is 5. The molecule has 0 radical (unpaired) electrons. The highest BCUT2D eigenvalue weighted by molar-refractivity contribution is 7.09. The van der Waals surface area contributed by atoms with Crippen molar-refractivity contribution in [1.29, 1.82) is 0 Å². The van der Waals surface area contributed by atoms with E-state index in [0.717, 1.165) is 13.0 Å². The van der Waals surface area contributed by atoms with Gasteiger partial charge in [-0.1, -0.05) is 26.8 Å². The Morgan fingerprint density at radius 3 is 2.67 bits per heavy atom. The molecule has 1 unspecified atom stereocenters. The summed E-state index contributed by atoms with van der Waals surface area (Å²) in [4.78, 5) is 15.1. The second kappa shape index (κ2) is 6.34. The van der Waals surface area contributed by atoms with Crippen LogP contribution in [0.25, 0.3) is 0 Å². The van der Waals surface area contributed by atoms with Crippen molar-refractivity contribution in [2.75, 3.05) is 13.6 Å². The van der Waals surface area contributed by atoms with Crippen LogP contribution in [0.1, 0.15) is 32.1 Å². The first kappa shape index (κ1) is 15.2. The van der Waals surface area contributed by atoms with Crippen LogP contribution in [0.15, 0.2) is 17.5 Å². The lowest BCUT2D eigenvalue weighted by Gasteiger charge is -2.28. The number of likely N-dealkylation sites (N-methyl/N-ethyl adjacent to an activating group) is 1. The van der Waals surface area contributed by atoms with Crippen LogP contribution in [0, 0.1) is 5.41 Å². The first-order valence-corrected chi connectivity index (χ1v) is 7.20. The molecule has 0 aliphatic heterocycles. The third kappa shape index (κ3) is 4.78. The summed E-state index contributed by atoms with van der Waals surface area (Å²) in [7, 11) is 1.85. The van der Waals surface area contributed by atoms with Gasteiger partial charge in [-0.2, -0.15) is 0 Å². The fraction of sp³-hybridized carbons (Fsp3) is 0.643. The van der Waals surface area contributed by atoms with Crippen molar-refractivity contribution in [3.8, 4) is 0 Å². The van der Waals surface area contributed by atoms with Crippen LogP contribution >= 0.6 is 11.3 Å². The number of carbonyl (C=O) groups is 1. The molecule has 3 nitrogen and oxygen atoms in total. The normalized spacial score (nSPS) is 13.4. The second-order valence-corrected chi connectivity index (χ2v) is 6.85. The van der Waals surface area contributed by atoms with Crippen molar-refractivity contribution < 1.29 is 4.79 Å². The summed E-state index contributed by atoms with van der Waals surface area (Å²) in [6.45, 7) is 6.96. The minimum absolute atomic E-state index is 0.0236. The maximum absolute atomic E-state index is 12.0. The number of thiophene rings is 1. The molecule has 1 aromatic heterocycles. The van der Waals surface area contributed by atoms with Gasteiger partial charge in [0, 0.05) is 30.9 Å². The van der Waals surface area contributed by atoms with E-state index in [1.54, 1.807) is 16.2 Å². The van der Waals surface area contributed by atoms with E-state index < -0.39 is 0 Å². The predicted octanol–water partition coefficient (Wildman–Crippen LogP) is 2.51. The molecule has 0 bridgehead atoms. The van der Waals surface area contributed by atoms with Gasteiger partial charge in [0.25, 0.3) is 0 Å². The lowest BCUT2D eigenvalue weighted by molar-refractivity contribution is -0.130. The number of hydrogen-bond acceptors (Lipinski definition) is 3. The molecule has 0 saturated carbocycles. The van der Waals surface area contributed by atoms with Gasteiger partial charge in [-0.15, -0.1) is 11.3 Å². The SMILES string of the molecule is CN(CCc1cccs1)C(=O)CC(N)C(C)(C)C. The number of nitrogens with two attached hydrogens (primary N) is 1. The Morgan fingerprint density at radius 2 is 2.17 bits per heavy atom. The van der Waals surface area contributed by atoms with Gasteiger partial charge in [0.05, 0.1) is 0 Å². The highest BCUT2D eigenvalue weighted by Crippen LogP contribution is 2.20.